The molecule has 0 aliphatic rings. The van der Waals surface area contributed by atoms with Crippen molar-refractivity contribution in [2.45, 2.75) is 19.3 Å². The van der Waals surface area contributed by atoms with Crippen molar-refractivity contribution in [3.63, 3.8) is 0 Å². The monoisotopic (exact) mass is 287 g/mol. The van der Waals surface area contributed by atoms with Crippen LogP contribution in [0.3, 0.4) is 0 Å². The molecule has 1 amide bonds. The van der Waals surface area contributed by atoms with Gasteiger partial charge in [0.1, 0.15) is 0 Å². The first kappa shape index (κ1) is 11.6. The van der Waals surface area contributed by atoms with E-state index in [2.05, 4.69) is 11.6 Å². The highest BCUT2D eigenvalue weighted by atomic mass is 127. The summed E-state index contributed by atoms with van der Waals surface area (Å²) in [7, 11) is 0. The lowest BCUT2D eigenvalue weighted by atomic mass is 10.2. The average Bonchev–Trinajstić information content (AvgIpc) is 1.96. The van der Waals surface area contributed by atoms with Gasteiger partial charge in [0.05, 0.1) is 0 Å². The number of halogens is 1. The van der Waals surface area contributed by atoms with E-state index in [4.69, 9.17) is 0 Å². The number of thioether (sulfide) groups is 1. The van der Waals surface area contributed by atoms with Crippen LogP contribution in [-0.2, 0) is 0 Å². The molecule has 0 aromatic heterocycles. The molecule has 0 saturated carbocycles. The molecule has 4 heteroatoms. The quantitative estimate of drug-likeness (QED) is 0.352. The van der Waals surface area contributed by atoms with Crippen molar-refractivity contribution in [2.75, 3.05) is 18.6 Å². The number of nitrogens with one attached hydrogen (secondary N) is 1. The maximum atomic E-state index is 10.4. The fraction of sp³-hybridized carbons (Fsp3) is 0.857. The normalized spacial score (nSPS) is 9.64. The van der Waals surface area contributed by atoms with Crippen molar-refractivity contribution in [1.29, 1.82) is 0 Å². The first-order valence-electron chi connectivity index (χ1n) is 3.69. The highest BCUT2D eigenvalue weighted by molar-refractivity contribution is 14.1. The Balaban J connectivity index is 2.85. The molecule has 0 unspecified atom stereocenters. The van der Waals surface area contributed by atoms with E-state index in [-0.39, 0.29) is 3.91 Å². The van der Waals surface area contributed by atoms with Gasteiger partial charge in [0, 0.05) is 29.1 Å². The minimum Gasteiger partial charge on any atom is -0.348 e. The Bertz CT molecular complexity index is 111. The Kier molecular flexibility index (Phi) is 9.08. The second-order valence-corrected chi connectivity index (χ2v) is 4.22. The Morgan fingerprint density at radius 3 is 2.73 bits per heavy atom. The number of hydrogen-bond acceptors (Lipinski definition) is 2. The van der Waals surface area contributed by atoms with Crippen molar-refractivity contribution in [3.8, 4) is 0 Å². The summed E-state index contributed by atoms with van der Waals surface area (Å²) in [5, 5.41) is 2.76. The van der Waals surface area contributed by atoms with Crippen LogP contribution in [0.5, 0.6) is 0 Å². The lowest BCUT2D eigenvalue weighted by molar-refractivity contribution is 0.263. The van der Waals surface area contributed by atoms with Gasteiger partial charge in [-0.1, -0.05) is 6.42 Å². The number of unbranched alkanes of at least 4 members (excludes halogenated alkanes) is 2. The number of amides is 1. The first-order valence-corrected chi connectivity index (χ1v) is 6.17. The molecular formula is C7H14INOS. The Morgan fingerprint density at radius 2 is 2.18 bits per heavy atom. The third-order valence-corrected chi connectivity index (χ3v) is 2.37. The predicted molar refractivity (Wildman–Crippen MR) is 59.7 cm³/mol. The van der Waals surface area contributed by atoms with Gasteiger partial charge in [-0.15, -0.1) is 0 Å². The number of rotatable bonds is 6. The van der Waals surface area contributed by atoms with Gasteiger partial charge in [0.25, 0.3) is 3.91 Å². The Labute approximate surface area is 86.0 Å². The topological polar surface area (TPSA) is 29.1 Å². The number of carbonyl (C=O) groups is 1. The molecule has 0 rings (SSSR count). The van der Waals surface area contributed by atoms with E-state index < -0.39 is 0 Å². The SMILES string of the molecule is CSCCCCCNC(=O)I. The summed E-state index contributed by atoms with van der Waals surface area (Å²) in [5.74, 6) is 1.23. The van der Waals surface area contributed by atoms with E-state index in [9.17, 15) is 4.79 Å². The van der Waals surface area contributed by atoms with Crippen molar-refractivity contribution in [3.05, 3.63) is 0 Å². The standard InChI is InChI=1S/C7H14INOS/c1-11-6-4-2-3-5-9-7(8)10/h2-6H2,1H3,(H,9,10). The van der Waals surface area contributed by atoms with E-state index in [1.807, 2.05) is 11.8 Å². The minimum atomic E-state index is 0.0486. The summed E-state index contributed by atoms with van der Waals surface area (Å²) in [6.45, 7) is 0.830. The van der Waals surface area contributed by atoms with Crippen molar-refractivity contribution < 1.29 is 4.79 Å². The van der Waals surface area contributed by atoms with Gasteiger partial charge >= 0.3 is 0 Å². The largest absolute Gasteiger partial charge is 0.348 e. The van der Waals surface area contributed by atoms with E-state index in [0.717, 1.165) is 13.0 Å². The van der Waals surface area contributed by atoms with Crippen molar-refractivity contribution >= 4 is 38.3 Å². The van der Waals surface area contributed by atoms with Crippen molar-refractivity contribution in [2.24, 2.45) is 0 Å². The molecule has 0 bridgehead atoms. The lowest BCUT2D eigenvalue weighted by Gasteiger charge is -1.99. The highest BCUT2D eigenvalue weighted by Gasteiger charge is 1.91. The third kappa shape index (κ3) is 10.6. The second kappa shape index (κ2) is 8.64. The van der Waals surface area contributed by atoms with Crippen LogP contribution >= 0.6 is 34.4 Å². The van der Waals surface area contributed by atoms with E-state index in [1.165, 1.54) is 18.6 Å². The molecule has 0 aliphatic heterocycles. The van der Waals surface area contributed by atoms with Crippen LogP contribution in [0.15, 0.2) is 0 Å². The van der Waals surface area contributed by atoms with E-state index in [0.29, 0.717) is 0 Å². The smallest absolute Gasteiger partial charge is 0.280 e. The molecule has 1 N–H and O–H groups in total. The summed E-state index contributed by atoms with van der Waals surface area (Å²) in [5.41, 5.74) is 0. The molecule has 0 aliphatic carbocycles. The maximum absolute atomic E-state index is 10.4. The fourth-order valence-electron chi connectivity index (χ4n) is 0.735. The van der Waals surface area contributed by atoms with Crippen LogP contribution in [0, 0.1) is 0 Å². The minimum absolute atomic E-state index is 0.0486. The molecule has 0 heterocycles. The molecule has 2 nitrogen and oxygen atoms in total. The van der Waals surface area contributed by atoms with Gasteiger partial charge in [-0.25, -0.2) is 0 Å². The van der Waals surface area contributed by atoms with Crippen LogP contribution < -0.4 is 5.32 Å². The highest BCUT2D eigenvalue weighted by Crippen LogP contribution is 2.01. The first-order chi connectivity index (χ1) is 5.27. The summed E-state index contributed by atoms with van der Waals surface area (Å²) in [6, 6.07) is 0. The maximum Gasteiger partial charge on any atom is 0.280 e. The predicted octanol–water partition coefficient (Wildman–Crippen LogP) is 2.66. The fourth-order valence-corrected chi connectivity index (χ4v) is 1.50. The zero-order valence-electron chi connectivity index (χ0n) is 6.73. The molecule has 0 aromatic carbocycles. The molecule has 11 heavy (non-hydrogen) atoms. The molecule has 0 saturated heterocycles. The molecule has 0 spiro atoms. The summed E-state index contributed by atoms with van der Waals surface area (Å²) < 4.78 is 0.0486. The lowest BCUT2D eigenvalue weighted by Crippen LogP contribution is -2.16. The van der Waals surface area contributed by atoms with Gasteiger partial charge in [-0.2, -0.15) is 11.8 Å². The van der Waals surface area contributed by atoms with Crippen molar-refractivity contribution in [1.82, 2.24) is 5.32 Å². The van der Waals surface area contributed by atoms with E-state index >= 15 is 0 Å². The number of hydrogen-bond donors (Lipinski definition) is 1. The summed E-state index contributed by atoms with van der Waals surface area (Å²) >= 11 is 3.63. The van der Waals surface area contributed by atoms with Crippen LogP contribution in [0.25, 0.3) is 0 Å². The van der Waals surface area contributed by atoms with Crippen LogP contribution in [0.2, 0.25) is 0 Å². The molecular weight excluding hydrogens is 273 g/mol. The molecule has 0 atom stereocenters. The Hall–Kier alpha value is 0.550. The van der Waals surface area contributed by atoms with Crippen LogP contribution in [0.1, 0.15) is 19.3 Å². The molecule has 0 aromatic rings. The molecule has 0 fully saturated rings. The summed E-state index contributed by atoms with van der Waals surface area (Å²) in [4.78, 5) is 10.4. The second-order valence-electron chi connectivity index (χ2n) is 2.25. The van der Waals surface area contributed by atoms with Crippen LogP contribution in [0.4, 0.5) is 4.79 Å². The van der Waals surface area contributed by atoms with Gasteiger partial charge in [-0.05, 0) is 24.9 Å². The van der Waals surface area contributed by atoms with Gasteiger partial charge < -0.3 is 5.32 Å². The Morgan fingerprint density at radius 1 is 1.45 bits per heavy atom. The number of carbonyl (C=O) groups excluding carboxylic acids is 1. The van der Waals surface area contributed by atoms with Gasteiger partial charge in [-0.3, -0.25) is 4.79 Å². The summed E-state index contributed by atoms with van der Waals surface area (Å²) in [6.07, 6.45) is 5.71. The zero-order valence-corrected chi connectivity index (χ0v) is 9.70. The molecule has 66 valence electrons. The van der Waals surface area contributed by atoms with Gasteiger partial charge in [0.15, 0.2) is 0 Å². The average molecular weight is 287 g/mol. The van der Waals surface area contributed by atoms with E-state index in [1.54, 1.807) is 22.6 Å². The molecule has 0 radical (unpaired) electrons. The van der Waals surface area contributed by atoms with Crippen LogP contribution in [-0.4, -0.2) is 22.5 Å². The third-order valence-electron chi connectivity index (χ3n) is 1.29. The zero-order chi connectivity index (χ0) is 8.53. The van der Waals surface area contributed by atoms with Gasteiger partial charge in [0.2, 0.25) is 0 Å².